The lowest BCUT2D eigenvalue weighted by Crippen LogP contribution is -2.40. The summed E-state index contributed by atoms with van der Waals surface area (Å²) in [5.41, 5.74) is 4.30. The molecule has 2 N–H and O–H groups in total. The zero-order chi connectivity index (χ0) is 21.7. The number of aryl methyl sites for hydroxylation is 1. The number of rotatable bonds is 5. The number of nitriles is 1. The van der Waals surface area contributed by atoms with Crippen LogP contribution in [0.3, 0.4) is 0 Å². The molecule has 2 aromatic rings. The summed E-state index contributed by atoms with van der Waals surface area (Å²) in [7, 11) is 6.00. The second-order valence-corrected chi connectivity index (χ2v) is 7.71. The molecule has 0 saturated heterocycles. The number of benzene rings is 2. The fourth-order valence-electron chi connectivity index (χ4n) is 3.75. The van der Waals surface area contributed by atoms with E-state index in [0.29, 0.717) is 17.8 Å². The van der Waals surface area contributed by atoms with E-state index in [1.54, 1.807) is 24.3 Å². The van der Waals surface area contributed by atoms with Gasteiger partial charge >= 0.3 is 11.8 Å². The molecular formula is C23H27N5O2. The zero-order valence-corrected chi connectivity index (χ0v) is 17.6. The van der Waals surface area contributed by atoms with Gasteiger partial charge in [-0.1, -0.05) is 24.3 Å². The fourth-order valence-corrected chi connectivity index (χ4v) is 3.75. The van der Waals surface area contributed by atoms with Gasteiger partial charge in [-0.25, -0.2) is 0 Å². The largest absolute Gasteiger partial charge is 0.374 e. The summed E-state index contributed by atoms with van der Waals surface area (Å²) in [6, 6.07) is 14.9. The number of carbonyl (C=O) groups excluding carboxylic acids is 2. The lowest BCUT2D eigenvalue weighted by Gasteiger charge is -2.30. The minimum absolute atomic E-state index is 0.0642. The SMILES string of the molecule is CN1CCCc2cc(C(CNC(=O)C(=O)Nc3ccccc3C#N)N(C)C)ccc21. The Morgan fingerprint density at radius 3 is 2.70 bits per heavy atom. The summed E-state index contributed by atoms with van der Waals surface area (Å²) in [6.07, 6.45) is 2.17. The van der Waals surface area contributed by atoms with E-state index in [1.165, 1.54) is 11.3 Å². The number of fused-ring (bicyclic) bond motifs is 1. The Morgan fingerprint density at radius 1 is 1.20 bits per heavy atom. The van der Waals surface area contributed by atoms with Gasteiger partial charge in [0.1, 0.15) is 6.07 Å². The van der Waals surface area contributed by atoms with Crippen molar-refractivity contribution in [3.63, 3.8) is 0 Å². The third-order valence-electron chi connectivity index (χ3n) is 5.42. The minimum atomic E-state index is -0.790. The maximum absolute atomic E-state index is 12.3. The molecule has 156 valence electrons. The molecule has 30 heavy (non-hydrogen) atoms. The maximum Gasteiger partial charge on any atom is 0.313 e. The number of nitrogens with one attached hydrogen (secondary N) is 2. The Balaban J connectivity index is 1.67. The van der Waals surface area contributed by atoms with E-state index in [9.17, 15) is 9.59 Å². The van der Waals surface area contributed by atoms with E-state index in [1.807, 2.05) is 25.1 Å². The van der Waals surface area contributed by atoms with Gasteiger partial charge in [-0.3, -0.25) is 9.59 Å². The van der Waals surface area contributed by atoms with Crippen molar-refractivity contribution in [2.75, 3.05) is 44.4 Å². The van der Waals surface area contributed by atoms with Gasteiger partial charge in [-0.15, -0.1) is 0 Å². The normalized spacial score (nSPS) is 13.9. The summed E-state index contributed by atoms with van der Waals surface area (Å²) in [4.78, 5) is 28.9. The highest BCUT2D eigenvalue weighted by Gasteiger charge is 2.21. The first kappa shape index (κ1) is 21.3. The minimum Gasteiger partial charge on any atom is -0.374 e. The summed E-state index contributed by atoms with van der Waals surface area (Å²) < 4.78 is 0. The summed E-state index contributed by atoms with van der Waals surface area (Å²) >= 11 is 0. The molecule has 0 aliphatic carbocycles. The molecule has 3 rings (SSSR count). The van der Waals surface area contributed by atoms with Crippen molar-refractivity contribution in [2.24, 2.45) is 0 Å². The molecule has 0 fully saturated rings. The Hall–Kier alpha value is -3.37. The molecule has 1 heterocycles. The van der Waals surface area contributed by atoms with Crippen molar-refractivity contribution in [1.82, 2.24) is 10.2 Å². The van der Waals surface area contributed by atoms with E-state index < -0.39 is 11.8 Å². The quantitative estimate of drug-likeness (QED) is 0.745. The molecule has 2 amide bonds. The number of para-hydroxylation sites is 1. The lowest BCUT2D eigenvalue weighted by molar-refractivity contribution is -0.136. The average molecular weight is 406 g/mol. The van der Waals surface area contributed by atoms with Crippen LogP contribution < -0.4 is 15.5 Å². The lowest BCUT2D eigenvalue weighted by atomic mass is 9.96. The number of carbonyl (C=O) groups is 2. The summed E-state index contributed by atoms with van der Waals surface area (Å²) in [6.45, 7) is 1.36. The number of nitrogens with zero attached hydrogens (tertiary/aromatic N) is 3. The Bertz CT molecular complexity index is 980. The molecule has 2 aromatic carbocycles. The molecule has 0 radical (unpaired) electrons. The van der Waals surface area contributed by atoms with E-state index in [2.05, 4.69) is 40.8 Å². The molecule has 1 aliphatic heterocycles. The average Bonchev–Trinajstić information content (AvgIpc) is 2.74. The Kier molecular flexibility index (Phi) is 6.70. The second kappa shape index (κ2) is 9.42. The third-order valence-corrected chi connectivity index (χ3v) is 5.42. The van der Waals surface area contributed by atoms with Crippen molar-refractivity contribution in [2.45, 2.75) is 18.9 Å². The molecule has 1 aliphatic rings. The van der Waals surface area contributed by atoms with Crippen molar-refractivity contribution in [3.8, 4) is 6.07 Å². The summed E-state index contributed by atoms with van der Waals surface area (Å²) in [5.74, 6) is -1.52. The molecule has 1 atom stereocenters. The fraction of sp³-hybridized carbons (Fsp3) is 0.348. The van der Waals surface area contributed by atoms with Crippen LogP contribution in [0.15, 0.2) is 42.5 Å². The Labute approximate surface area is 177 Å². The van der Waals surface area contributed by atoms with E-state index >= 15 is 0 Å². The molecule has 0 spiro atoms. The molecule has 7 heteroatoms. The van der Waals surface area contributed by atoms with Gasteiger partial charge in [0.25, 0.3) is 0 Å². The third kappa shape index (κ3) is 4.78. The number of hydrogen-bond donors (Lipinski definition) is 2. The maximum atomic E-state index is 12.3. The van der Waals surface area contributed by atoms with Crippen LogP contribution in [0.4, 0.5) is 11.4 Å². The topological polar surface area (TPSA) is 88.5 Å². The van der Waals surface area contributed by atoms with E-state index in [0.717, 1.165) is 24.9 Å². The van der Waals surface area contributed by atoms with Crippen molar-refractivity contribution >= 4 is 23.2 Å². The molecule has 0 saturated carbocycles. The van der Waals surface area contributed by atoms with Crippen LogP contribution in [0.2, 0.25) is 0 Å². The first-order valence-corrected chi connectivity index (χ1v) is 9.99. The van der Waals surface area contributed by atoms with Crippen LogP contribution in [0.25, 0.3) is 0 Å². The number of anilines is 2. The molecule has 7 nitrogen and oxygen atoms in total. The van der Waals surface area contributed by atoms with Crippen LogP contribution in [-0.2, 0) is 16.0 Å². The van der Waals surface area contributed by atoms with E-state index in [4.69, 9.17) is 5.26 Å². The van der Waals surface area contributed by atoms with Crippen LogP contribution in [0.1, 0.15) is 29.2 Å². The van der Waals surface area contributed by atoms with Gasteiger partial charge in [0, 0.05) is 25.8 Å². The number of hydrogen-bond acceptors (Lipinski definition) is 5. The smallest absolute Gasteiger partial charge is 0.313 e. The van der Waals surface area contributed by atoms with Gasteiger partial charge < -0.3 is 20.4 Å². The van der Waals surface area contributed by atoms with Crippen molar-refractivity contribution < 1.29 is 9.59 Å². The van der Waals surface area contributed by atoms with Crippen LogP contribution in [0.5, 0.6) is 0 Å². The monoisotopic (exact) mass is 405 g/mol. The standard InChI is InChI=1S/C23H27N5O2/c1-27(2)21(17-10-11-20-16(13-17)8-6-12-28(20)3)15-25-22(29)23(30)26-19-9-5-4-7-18(19)14-24/h4-5,7,9-11,13,21H,6,8,12,15H2,1-3H3,(H,25,29)(H,26,30). The second-order valence-electron chi connectivity index (χ2n) is 7.71. The van der Waals surface area contributed by atoms with E-state index in [-0.39, 0.29) is 6.04 Å². The predicted octanol–water partition coefficient (Wildman–Crippen LogP) is 2.30. The predicted molar refractivity (Wildman–Crippen MR) is 117 cm³/mol. The Morgan fingerprint density at radius 2 is 1.97 bits per heavy atom. The molecular weight excluding hydrogens is 378 g/mol. The van der Waals surface area contributed by atoms with Gasteiger partial charge in [-0.2, -0.15) is 5.26 Å². The zero-order valence-electron chi connectivity index (χ0n) is 17.6. The van der Waals surface area contributed by atoms with Gasteiger partial charge in [0.05, 0.1) is 17.3 Å². The highest BCUT2D eigenvalue weighted by molar-refractivity contribution is 6.39. The van der Waals surface area contributed by atoms with Gasteiger partial charge in [0.2, 0.25) is 0 Å². The molecule has 1 unspecified atom stereocenters. The van der Waals surface area contributed by atoms with Crippen molar-refractivity contribution in [1.29, 1.82) is 5.26 Å². The van der Waals surface area contributed by atoms with Crippen molar-refractivity contribution in [3.05, 3.63) is 59.2 Å². The van der Waals surface area contributed by atoms with Gasteiger partial charge in [0.15, 0.2) is 0 Å². The first-order chi connectivity index (χ1) is 14.4. The van der Waals surface area contributed by atoms with Crippen LogP contribution >= 0.6 is 0 Å². The summed E-state index contributed by atoms with van der Waals surface area (Å²) in [5, 5.41) is 14.4. The number of likely N-dealkylation sites (N-methyl/N-ethyl adjacent to an activating group) is 1. The number of amides is 2. The molecule has 0 bridgehead atoms. The highest BCUT2D eigenvalue weighted by Crippen LogP contribution is 2.29. The first-order valence-electron chi connectivity index (χ1n) is 9.99. The highest BCUT2D eigenvalue weighted by atomic mass is 16.2. The van der Waals surface area contributed by atoms with Crippen LogP contribution in [0, 0.1) is 11.3 Å². The van der Waals surface area contributed by atoms with Crippen LogP contribution in [-0.4, -0.2) is 50.9 Å². The molecule has 0 aromatic heterocycles. The van der Waals surface area contributed by atoms with Gasteiger partial charge in [-0.05, 0) is 56.3 Å².